The van der Waals surface area contributed by atoms with Crippen LogP contribution in [0.1, 0.15) is 29.0 Å². The summed E-state index contributed by atoms with van der Waals surface area (Å²) in [4.78, 5) is 0. The second kappa shape index (κ2) is 5.77. The highest BCUT2D eigenvalue weighted by Crippen LogP contribution is 2.38. The SMILES string of the molecule is OC(Cc1c(Cl)cccc1Cl)CC1Cc2ccccc21. The smallest absolute Gasteiger partial charge is 0.0587 e. The van der Waals surface area contributed by atoms with E-state index in [4.69, 9.17) is 23.2 Å². The standard InChI is InChI=1S/C17H16Cl2O/c18-16-6-3-7-17(19)15(16)10-13(20)9-12-8-11-4-1-2-5-14(11)12/h1-7,12-13,20H,8-10H2. The molecule has 104 valence electrons. The summed E-state index contributed by atoms with van der Waals surface area (Å²) in [5.41, 5.74) is 3.62. The fraction of sp³-hybridized carbons (Fsp3) is 0.294. The molecule has 2 aromatic carbocycles. The van der Waals surface area contributed by atoms with Gasteiger partial charge in [-0.15, -0.1) is 0 Å². The Balaban J connectivity index is 1.66. The summed E-state index contributed by atoms with van der Waals surface area (Å²) in [6, 6.07) is 13.9. The van der Waals surface area contributed by atoms with Crippen molar-refractivity contribution in [3.05, 3.63) is 69.2 Å². The van der Waals surface area contributed by atoms with Gasteiger partial charge in [-0.1, -0.05) is 53.5 Å². The molecule has 1 N–H and O–H groups in total. The lowest BCUT2D eigenvalue weighted by Gasteiger charge is -2.31. The number of benzene rings is 2. The first-order chi connectivity index (χ1) is 9.65. The van der Waals surface area contributed by atoms with Crippen LogP contribution in [-0.4, -0.2) is 11.2 Å². The molecule has 2 unspecified atom stereocenters. The van der Waals surface area contributed by atoms with E-state index in [2.05, 4.69) is 24.3 Å². The highest BCUT2D eigenvalue weighted by Gasteiger charge is 2.27. The van der Waals surface area contributed by atoms with Gasteiger partial charge in [-0.05, 0) is 47.6 Å². The van der Waals surface area contributed by atoms with Crippen molar-refractivity contribution in [3.63, 3.8) is 0 Å². The van der Waals surface area contributed by atoms with E-state index in [0.717, 1.165) is 18.4 Å². The third-order valence-electron chi connectivity index (χ3n) is 4.02. The van der Waals surface area contributed by atoms with Crippen LogP contribution in [0.3, 0.4) is 0 Å². The Labute approximate surface area is 129 Å². The zero-order valence-electron chi connectivity index (χ0n) is 11.0. The van der Waals surface area contributed by atoms with Crippen LogP contribution < -0.4 is 0 Å². The molecule has 0 radical (unpaired) electrons. The lowest BCUT2D eigenvalue weighted by Crippen LogP contribution is -2.23. The minimum absolute atomic E-state index is 0.411. The topological polar surface area (TPSA) is 20.2 Å². The van der Waals surface area contributed by atoms with Gasteiger partial charge in [0.25, 0.3) is 0 Å². The molecule has 3 heteroatoms. The monoisotopic (exact) mass is 306 g/mol. The van der Waals surface area contributed by atoms with Crippen molar-refractivity contribution in [2.45, 2.75) is 31.3 Å². The lowest BCUT2D eigenvalue weighted by atomic mass is 9.74. The first kappa shape index (κ1) is 13.9. The zero-order valence-corrected chi connectivity index (χ0v) is 12.5. The molecule has 2 atom stereocenters. The van der Waals surface area contributed by atoms with Crippen LogP contribution in [-0.2, 0) is 12.8 Å². The zero-order chi connectivity index (χ0) is 14.1. The summed E-state index contributed by atoms with van der Waals surface area (Å²) in [6.45, 7) is 0. The molecule has 1 aliphatic rings. The molecule has 2 aromatic rings. The lowest BCUT2D eigenvalue weighted by molar-refractivity contribution is 0.151. The predicted octanol–water partition coefficient (Wildman–Crippen LogP) is 4.63. The van der Waals surface area contributed by atoms with E-state index in [1.807, 2.05) is 18.2 Å². The molecule has 0 heterocycles. The Bertz CT molecular complexity index is 604. The van der Waals surface area contributed by atoms with Gasteiger partial charge in [-0.2, -0.15) is 0 Å². The summed E-state index contributed by atoms with van der Waals surface area (Å²) in [5.74, 6) is 0.461. The van der Waals surface area contributed by atoms with Crippen LogP contribution in [0, 0.1) is 0 Å². The van der Waals surface area contributed by atoms with E-state index < -0.39 is 6.10 Å². The predicted molar refractivity (Wildman–Crippen MR) is 83.7 cm³/mol. The minimum atomic E-state index is -0.411. The molecule has 1 nitrogen and oxygen atoms in total. The molecule has 0 fully saturated rings. The molecule has 3 rings (SSSR count). The van der Waals surface area contributed by atoms with Crippen LogP contribution in [0.4, 0.5) is 0 Å². The molecule has 0 aliphatic heterocycles. The fourth-order valence-electron chi connectivity index (χ4n) is 2.95. The summed E-state index contributed by atoms with van der Waals surface area (Å²) < 4.78 is 0. The normalized spacial score (nSPS) is 18.2. The van der Waals surface area contributed by atoms with E-state index >= 15 is 0 Å². The maximum Gasteiger partial charge on any atom is 0.0587 e. The maximum absolute atomic E-state index is 10.3. The van der Waals surface area contributed by atoms with Crippen molar-refractivity contribution in [1.82, 2.24) is 0 Å². The van der Waals surface area contributed by atoms with Gasteiger partial charge in [0.2, 0.25) is 0 Å². The Morgan fingerprint density at radius 2 is 1.75 bits per heavy atom. The van der Waals surface area contributed by atoms with E-state index in [-0.39, 0.29) is 0 Å². The molecule has 0 saturated carbocycles. The second-order valence-electron chi connectivity index (χ2n) is 5.39. The first-order valence-corrected chi connectivity index (χ1v) is 7.59. The van der Waals surface area contributed by atoms with E-state index in [1.54, 1.807) is 0 Å². The van der Waals surface area contributed by atoms with E-state index in [1.165, 1.54) is 11.1 Å². The maximum atomic E-state index is 10.3. The van der Waals surface area contributed by atoms with Gasteiger partial charge in [0.15, 0.2) is 0 Å². The molecular formula is C17H16Cl2O. The summed E-state index contributed by atoms with van der Waals surface area (Å²) in [6.07, 6.45) is 1.92. The van der Waals surface area contributed by atoms with Gasteiger partial charge in [-0.3, -0.25) is 0 Å². The van der Waals surface area contributed by atoms with Crippen molar-refractivity contribution < 1.29 is 5.11 Å². The fourth-order valence-corrected chi connectivity index (χ4v) is 3.50. The molecule has 0 bridgehead atoms. The van der Waals surface area contributed by atoms with Gasteiger partial charge in [-0.25, -0.2) is 0 Å². The highest BCUT2D eigenvalue weighted by atomic mass is 35.5. The highest BCUT2D eigenvalue weighted by molar-refractivity contribution is 6.35. The van der Waals surface area contributed by atoms with Crippen molar-refractivity contribution in [1.29, 1.82) is 0 Å². The largest absolute Gasteiger partial charge is 0.393 e. The number of hydrogen-bond donors (Lipinski definition) is 1. The summed E-state index contributed by atoms with van der Waals surface area (Å²) in [5, 5.41) is 11.6. The molecule has 0 aromatic heterocycles. The van der Waals surface area contributed by atoms with Crippen LogP contribution in [0.25, 0.3) is 0 Å². The number of fused-ring (bicyclic) bond motifs is 1. The van der Waals surface area contributed by atoms with Crippen LogP contribution >= 0.6 is 23.2 Å². The summed E-state index contributed by atoms with van der Waals surface area (Å²) >= 11 is 12.3. The second-order valence-corrected chi connectivity index (χ2v) is 6.21. The average molecular weight is 307 g/mol. The van der Waals surface area contributed by atoms with Crippen molar-refractivity contribution in [3.8, 4) is 0 Å². The van der Waals surface area contributed by atoms with Crippen LogP contribution in [0.5, 0.6) is 0 Å². The average Bonchev–Trinajstić information content (AvgIpc) is 2.40. The van der Waals surface area contributed by atoms with Gasteiger partial charge in [0, 0.05) is 16.5 Å². The van der Waals surface area contributed by atoms with Crippen LogP contribution in [0.2, 0.25) is 10.0 Å². The van der Waals surface area contributed by atoms with E-state index in [0.29, 0.717) is 22.4 Å². The Morgan fingerprint density at radius 3 is 2.45 bits per heavy atom. The van der Waals surface area contributed by atoms with E-state index in [9.17, 15) is 5.11 Å². The molecule has 20 heavy (non-hydrogen) atoms. The Kier molecular flexibility index (Phi) is 4.02. The third-order valence-corrected chi connectivity index (χ3v) is 4.73. The first-order valence-electron chi connectivity index (χ1n) is 6.84. The quantitative estimate of drug-likeness (QED) is 0.873. The minimum Gasteiger partial charge on any atom is -0.393 e. The number of rotatable bonds is 4. The Hall–Kier alpha value is -1.02. The van der Waals surface area contributed by atoms with Crippen LogP contribution in [0.15, 0.2) is 42.5 Å². The molecule has 0 saturated heterocycles. The Morgan fingerprint density at radius 1 is 1.05 bits per heavy atom. The van der Waals surface area contributed by atoms with Crippen molar-refractivity contribution in [2.24, 2.45) is 0 Å². The van der Waals surface area contributed by atoms with Gasteiger partial charge >= 0.3 is 0 Å². The van der Waals surface area contributed by atoms with Gasteiger partial charge in [0.1, 0.15) is 0 Å². The number of hydrogen-bond acceptors (Lipinski definition) is 1. The molecule has 0 spiro atoms. The molecule has 1 aliphatic carbocycles. The van der Waals surface area contributed by atoms with Gasteiger partial charge in [0.05, 0.1) is 6.10 Å². The number of aliphatic hydroxyl groups excluding tert-OH is 1. The van der Waals surface area contributed by atoms with Gasteiger partial charge < -0.3 is 5.11 Å². The third kappa shape index (κ3) is 2.71. The molecular weight excluding hydrogens is 291 g/mol. The van der Waals surface area contributed by atoms with Crippen molar-refractivity contribution in [2.75, 3.05) is 0 Å². The number of aliphatic hydroxyl groups is 1. The summed E-state index contributed by atoms with van der Waals surface area (Å²) in [7, 11) is 0. The van der Waals surface area contributed by atoms with Crippen molar-refractivity contribution >= 4 is 23.2 Å². The molecule has 0 amide bonds. The number of halogens is 2.